The Balaban J connectivity index is -0.00000112. The monoisotopic (exact) mass is 1320 g/mol. The number of carboxylic acids is 1. The minimum Gasteiger partial charge on any atom is -0.870 e. The molecule has 500 valence electrons. The maximum atomic E-state index is 12.9. The number of carbonyl (C=O) groups excluding carboxylic acids is 10. The molecule has 0 aliphatic carbocycles. The quantitative estimate of drug-likeness (QED) is 0.0517. The number of fused-ring (bicyclic) bond motifs is 1. The molecule has 0 aromatic heterocycles. The summed E-state index contributed by atoms with van der Waals surface area (Å²) in [5.41, 5.74) is 39.5. The average Bonchev–Trinajstić information content (AvgIpc) is 1.57. The first-order chi connectivity index (χ1) is 43.0. The number of carboxylic acid groups (broad SMARTS) is 1. The van der Waals surface area contributed by atoms with Gasteiger partial charge in [-0.05, 0) is 64.5 Å². The Labute approximate surface area is 569 Å². The zero-order valence-corrected chi connectivity index (χ0v) is 55.8. The third kappa shape index (κ3) is 28.1. The second-order valence-corrected chi connectivity index (χ2v) is 20.4. The summed E-state index contributed by atoms with van der Waals surface area (Å²) < 4.78 is 34.1. The molecule has 6 amide bonds. The zero-order chi connectivity index (χ0) is 69.2. The molecule has 36 nitrogen and oxygen atoms in total. The number of amides is 6. The van der Waals surface area contributed by atoms with E-state index in [2.05, 4.69) is 49.6 Å². The molecule has 5 aliphatic rings. The van der Waals surface area contributed by atoms with E-state index in [-0.39, 0.29) is 153 Å². The Morgan fingerprint density at radius 2 is 0.946 bits per heavy atom. The van der Waals surface area contributed by atoms with Gasteiger partial charge in [0.25, 0.3) is 0 Å². The fourth-order valence-electron chi connectivity index (χ4n) is 10.3. The van der Waals surface area contributed by atoms with Crippen LogP contribution in [0.3, 0.4) is 0 Å². The summed E-state index contributed by atoms with van der Waals surface area (Å²) in [6.45, 7) is 10.4. The van der Waals surface area contributed by atoms with E-state index in [9.17, 15) is 62.2 Å². The van der Waals surface area contributed by atoms with Gasteiger partial charge in [0.05, 0.1) is 61.2 Å². The van der Waals surface area contributed by atoms with E-state index >= 15 is 0 Å². The van der Waals surface area contributed by atoms with Crippen molar-refractivity contribution < 1.29 is 142 Å². The van der Waals surface area contributed by atoms with E-state index in [0.29, 0.717) is 25.3 Å². The van der Waals surface area contributed by atoms with E-state index in [1.54, 1.807) is 4.90 Å². The fourth-order valence-corrected chi connectivity index (χ4v) is 10.3. The van der Waals surface area contributed by atoms with Gasteiger partial charge in [-0.1, -0.05) is 64.7 Å². The summed E-state index contributed by atoms with van der Waals surface area (Å²) in [7, 11) is 4.15. The number of aliphatic hydroxyl groups excluding tert-OH is 1. The van der Waals surface area contributed by atoms with Crippen LogP contribution in [0.4, 0.5) is 4.39 Å². The van der Waals surface area contributed by atoms with E-state index in [1.807, 2.05) is 49.4 Å². The smallest absolute Gasteiger partial charge is 0.870 e. The number of methoxy groups -OCH3 is 4. The Hall–Kier alpha value is -8.44. The van der Waals surface area contributed by atoms with Crippen molar-refractivity contribution in [1.82, 2.24) is 29.8 Å². The van der Waals surface area contributed by atoms with Crippen LogP contribution in [0.25, 0.3) is 58.1 Å². The molecule has 7 rings (SSSR count). The number of benzene rings is 2. The third-order valence-electron chi connectivity index (χ3n) is 14.4. The Morgan fingerprint density at radius 3 is 1.33 bits per heavy atom. The van der Waals surface area contributed by atoms with Crippen molar-refractivity contribution in [3.8, 4) is 0 Å². The van der Waals surface area contributed by atoms with Gasteiger partial charge in [-0.25, -0.2) is 24.0 Å². The Bertz CT molecular complexity index is 3020. The van der Waals surface area contributed by atoms with E-state index in [1.165, 1.54) is 87.6 Å². The molecule has 4 N–H and O–H groups in total. The molecular formula is C54H77FLiN18NaO18. The van der Waals surface area contributed by atoms with Gasteiger partial charge < -0.3 is 75.5 Å². The molecule has 5 heterocycles. The minimum atomic E-state index is -1.06. The minimum absolute atomic E-state index is 0. The van der Waals surface area contributed by atoms with Crippen LogP contribution in [0.2, 0.25) is 0 Å². The van der Waals surface area contributed by atoms with Crippen LogP contribution in [-0.2, 0) is 78.1 Å². The molecule has 5 aliphatic heterocycles. The largest absolute Gasteiger partial charge is 1.00 e. The number of carbonyl (C=O) groups is 11. The van der Waals surface area contributed by atoms with Crippen LogP contribution in [0, 0.1) is 5.92 Å². The number of rotatable bonds is 12. The standard InChI is InChI=1S/C21H23N5O4.C9H15NO3.C8H12N4O3.C8H13NO4.C7H10N4O3.CH3F.Li.N3.Na.H2O/c1-13(27)26-12-17(24-25-22)11-19(26)20(28)23-18(21(29)30-2)10-14-7-8-15-5-3-4-6-16(15)9-14;1-6-4-8(9(12)13-3)10(5-6)7(2)11;1-5(13)12-4-6(10-11-9)3-7(12)8(14)15-2;1-5(10)9-4-6(11)3-7(9)8(12)13-2;1-4(12)11-3-5(9-10-8)2-6(11)7(13)14;1-2;;1-3-2;;/h3-9,17-19H,10-12H2,1-2H3,(H,23,28);6,8H,4-5H2,1-3H3;6-7H,3-4H2,1-2H3;6-7,11H,3-4H2,1-2H3;5-6H,2-3H2,1H3,(H,13,14);1H3;;;;1H2/q;;;;;;+1;-1;+1;/p-1/t17-,18-,19-;6-,8+;6-,7-;6-,7+;5-,6-;;;;;/m01010...../s1/i;;;;;1D;;;;. The number of hydrogen-bond acceptors (Lipinski definition) is 20. The van der Waals surface area contributed by atoms with E-state index < -0.39 is 85.3 Å². The first-order valence-corrected chi connectivity index (χ1v) is 27.4. The molecule has 5 fully saturated rings. The van der Waals surface area contributed by atoms with Gasteiger partial charge in [-0.15, -0.1) is 0 Å². The number of nitrogens with zero attached hydrogens (tertiary/aromatic N) is 17. The number of ether oxygens (including phenoxy) is 4. The first-order valence-electron chi connectivity index (χ1n) is 28.1. The SMILES string of the molecule is CC(=O)N1C[C@@H](N=[N+]=[N-])C[C@H]1C(=O)O.COC(=O)[C@@H]1C[C@@H](C)CN1C(C)=O.COC(=O)[C@@H]1C[C@@H](O)CN1C(C)=O.COC(=O)[C@@H]1C[C@H](N=[N+]=[N-])CN1C(C)=O.COC(=O)[C@H](Cc1ccc2ccccc2c1)NC(=O)[C@@H]1C[C@H](N=[N+]=[N-])CN1C(C)=O.[2H]CF.[Li+].[N-]=[N+]=[N-].[Na+].[OH-]. The van der Waals surface area contributed by atoms with Crippen molar-refractivity contribution in [2.24, 2.45) is 21.3 Å². The molecule has 2 aromatic carbocycles. The molecule has 5 saturated heterocycles. The predicted molar refractivity (Wildman–Crippen MR) is 317 cm³/mol. The normalized spacial score (nSPS) is 21.9. The number of hydrogen-bond donors (Lipinski definition) is 3. The van der Waals surface area contributed by atoms with Crippen LogP contribution in [0.15, 0.2) is 57.8 Å². The van der Waals surface area contributed by atoms with Gasteiger partial charge in [0, 0.05) is 94.9 Å². The summed E-state index contributed by atoms with van der Waals surface area (Å²) in [6.07, 6.45) is 1.34. The zero-order valence-electron chi connectivity index (χ0n) is 54.8. The molecule has 2 aromatic rings. The second kappa shape index (κ2) is 45.8. The van der Waals surface area contributed by atoms with Crippen molar-refractivity contribution in [2.75, 3.05) is 68.3 Å². The van der Waals surface area contributed by atoms with Crippen molar-refractivity contribution in [3.63, 3.8) is 0 Å². The second-order valence-electron chi connectivity index (χ2n) is 20.4. The number of likely N-dealkylation sites (tertiary alicyclic amines) is 5. The molecule has 39 heteroatoms. The van der Waals surface area contributed by atoms with Gasteiger partial charge in [0.1, 0.15) is 36.3 Å². The average molecular weight is 1320 g/mol. The topological polar surface area (TPSA) is 528 Å². The third-order valence-corrected chi connectivity index (χ3v) is 14.4. The van der Waals surface area contributed by atoms with Crippen molar-refractivity contribution in [2.45, 2.75) is 141 Å². The number of azide groups is 3. The number of aliphatic carboxylic acids is 1. The van der Waals surface area contributed by atoms with Gasteiger partial charge in [0.15, 0.2) is 0 Å². The molecule has 0 bridgehead atoms. The van der Waals surface area contributed by atoms with Crippen molar-refractivity contribution >= 4 is 76.1 Å². The number of aliphatic hydroxyl groups is 1. The predicted octanol–water partition coefficient (Wildman–Crippen LogP) is -1.99. The Morgan fingerprint density at radius 1 is 0.591 bits per heavy atom. The van der Waals surface area contributed by atoms with Crippen molar-refractivity contribution in [3.05, 3.63) is 95.3 Å². The molecule has 93 heavy (non-hydrogen) atoms. The summed E-state index contributed by atoms with van der Waals surface area (Å²) in [5, 5.41) is 33.4. The number of esters is 4. The molecule has 11 atom stereocenters. The summed E-state index contributed by atoms with van der Waals surface area (Å²) >= 11 is 0. The van der Waals surface area contributed by atoms with Crippen LogP contribution < -0.4 is 53.7 Å². The van der Waals surface area contributed by atoms with E-state index in [4.69, 9.17) is 38.9 Å². The summed E-state index contributed by atoms with van der Waals surface area (Å²) in [6, 6.07) is 8.26. The maximum Gasteiger partial charge on any atom is 1.00 e. The molecule has 0 spiro atoms. The molecule has 0 saturated carbocycles. The van der Waals surface area contributed by atoms with Crippen LogP contribution in [-0.4, -0.2) is 234 Å². The fraction of sp³-hybridized carbons (Fsp3) is 0.611. The number of nitrogens with one attached hydrogen (secondary N) is 1. The molecule has 0 radical (unpaired) electrons. The number of halogens is 1. The van der Waals surface area contributed by atoms with Gasteiger partial charge in [-0.3, -0.25) is 38.1 Å². The molecule has 0 unspecified atom stereocenters. The van der Waals surface area contributed by atoms with Crippen LogP contribution in [0.1, 0.15) is 80.6 Å². The van der Waals surface area contributed by atoms with Crippen molar-refractivity contribution in [1.29, 1.82) is 0 Å². The van der Waals surface area contributed by atoms with Crippen LogP contribution in [0.5, 0.6) is 0 Å². The van der Waals surface area contributed by atoms with Crippen LogP contribution >= 0.6 is 0 Å². The van der Waals surface area contributed by atoms with Gasteiger partial charge >= 0.3 is 78.3 Å². The first kappa shape index (κ1) is 86.6. The number of β-amino-alcohol motifs (C(OH)–C–C–N with tert-alkyl or cyclic N) is 1. The van der Waals surface area contributed by atoms with Gasteiger partial charge in [0.2, 0.25) is 35.4 Å². The Kier molecular flexibility index (Phi) is 42.6. The summed E-state index contributed by atoms with van der Waals surface area (Å²) in [5.74, 6) is -4.07. The van der Waals surface area contributed by atoms with E-state index in [0.717, 1.165) is 16.3 Å². The van der Waals surface area contributed by atoms with Gasteiger partial charge in [-0.2, -0.15) is 0 Å². The number of alkyl halides is 1. The molecular weight excluding hydrogens is 1240 g/mol. The summed E-state index contributed by atoms with van der Waals surface area (Å²) in [4.78, 5) is 142. The maximum absolute atomic E-state index is 12.9.